The number of hydrogen-bond acceptors (Lipinski definition) is 1. The van der Waals surface area contributed by atoms with E-state index >= 15 is 0 Å². The van der Waals surface area contributed by atoms with Crippen molar-refractivity contribution in [3.63, 3.8) is 0 Å². The Hall–Kier alpha value is -0.0400. The van der Waals surface area contributed by atoms with Crippen LogP contribution in [0.3, 0.4) is 0 Å². The molecular weight excluding hydrogens is 160 g/mol. The second-order valence-corrected chi connectivity index (χ2v) is 5.69. The van der Waals surface area contributed by atoms with Gasteiger partial charge < -0.3 is 5.11 Å². The third-order valence-electron chi connectivity index (χ3n) is 4.28. The Morgan fingerprint density at radius 3 is 2.85 bits per heavy atom. The van der Waals surface area contributed by atoms with Gasteiger partial charge in [-0.25, -0.2) is 0 Å². The lowest BCUT2D eigenvalue weighted by atomic mass is 9.57. The van der Waals surface area contributed by atoms with Gasteiger partial charge in [-0.1, -0.05) is 26.2 Å². The number of rotatable bonds is 1. The zero-order chi connectivity index (χ0) is 9.53. The highest BCUT2D eigenvalue weighted by Gasteiger charge is 2.45. The molecule has 3 unspecified atom stereocenters. The van der Waals surface area contributed by atoms with E-state index in [0.717, 1.165) is 18.8 Å². The number of hydrogen-bond donors (Lipinski definition) is 1. The molecule has 0 spiro atoms. The summed E-state index contributed by atoms with van der Waals surface area (Å²) in [6.07, 6.45) is 8.86. The zero-order valence-corrected chi connectivity index (χ0v) is 8.97. The fraction of sp³-hybridized carbons (Fsp3) is 1.00. The van der Waals surface area contributed by atoms with Gasteiger partial charge in [-0.15, -0.1) is 0 Å². The summed E-state index contributed by atoms with van der Waals surface area (Å²) in [5, 5.41) is 10.2. The number of aliphatic hydroxyl groups is 1. The molecule has 0 radical (unpaired) electrons. The van der Waals surface area contributed by atoms with Crippen LogP contribution in [0.1, 0.15) is 58.8 Å². The maximum atomic E-state index is 10.2. The molecule has 13 heavy (non-hydrogen) atoms. The van der Waals surface area contributed by atoms with Gasteiger partial charge >= 0.3 is 0 Å². The molecule has 0 heterocycles. The van der Waals surface area contributed by atoms with Crippen molar-refractivity contribution in [3.8, 4) is 0 Å². The van der Waals surface area contributed by atoms with E-state index in [1.807, 2.05) is 6.92 Å². The lowest BCUT2D eigenvalue weighted by Gasteiger charge is -2.50. The van der Waals surface area contributed by atoms with Crippen molar-refractivity contribution in [3.05, 3.63) is 0 Å². The summed E-state index contributed by atoms with van der Waals surface area (Å²) in [6.45, 7) is 4.33. The lowest BCUT2D eigenvalue weighted by molar-refractivity contribution is -0.0812. The van der Waals surface area contributed by atoms with E-state index in [9.17, 15) is 5.11 Å². The topological polar surface area (TPSA) is 20.2 Å². The van der Waals surface area contributed by atoms with Crippen molar-refractivity contribution >= 4 is 0 Å². The molecule has 0 amide bonds. The predicted molar refractivity (Wildman–Crippen MR) is 54.5 cm³/mol. The van der Waals surface area contributed by atoms with Gasteiger partial charge in [0.1, 0.15) is 0 Å². The molecule has 1 heteroatoms. The van der Waals surface area contributed by atoms with Crippen LogP contribution in [-0.4, -0.2) is 10.7 Å². The maximum absolute atomic E-state index is 10.2. The van der Waals surface area contributed by atoms with E-state index in [1.54, 1.807) is 0 Å². The van der Waals surface area contributed by atoms with Crippen LogP contribution in [0.4, 0.5) is 0 Å². The predicted octanol–water partition coefficient (Wildman–Crippen LogP) is 3.12. The fourth-order valence-electron chi connectivity index (χ4n) is 3.87. The van der Waals surface area contributed by atoms with E-state index in [1.165, 1.54) is 32.1 Å². The molecule has 0 saturated heterocycles. The van der Waals surface area contributed by atoms with Crippen molar-refractivity contribution in [2.24, 2.45) is 11.3 Å². The summed E-state index contributed by atoms with van der Waals surface area (Å²) >= 11 is 0. The molecule has 3 atom stereocenters. The van der Waals surface area contributed by atoms with Crippen LogP contribution < -0.4 is 0 Å². The van der Waals surface area contributed by atoms with Gasteiger partial charge in [0, 0.05) is 0 Å². The first-order chi connectivity index (χ1) is 6.05. The van der Waals surface area contributed by atoms with Gasteiger partial charge in [0.15, 0.2) is 0 Å². The summed E-state index contributed by atoms with van der Waals surface area (Å²) in [7, 11) is 0. The van der Waals surface area contributed by atoms with Gasteiger partial charge in [0.05, 0.1) is 5.60 Å². The highest BCUT2D eigenvalue weighted by Crippen LogP contribution is 2.53. The van der Waals surface area contributed by atoms with E-state index in [0.29, 0.717) is 5.41 Å². The molecule has 2 saturated carbocycles. The molecule has 2 bridgehead atoms. The average molecular weight is 182 g/mol. The summed E-state index contributed by atoms with van der Waals surface area (Å²) in [5.41, 5.74) is 0.143. The van der Waals surface area contributed by atoms with Crippen molar-refractivity contribution in [1.82, 2.24) is 0 Å². The fourth-order valence-corrected chi connectivity index (χ4v) is 3.87. The van der Waals surface area contributed by atoms with Gasteiger partial charge in [-0.3, -0.25) is 0 Å². The molecule has 2 rings (SSSR count). The second-order valence-electron chi connectivity index (χ2n) is 5.69. The summed E-state index contributed by atoms with van der Waals surface area (Å²) in [6, 6.07) is 0. The van der Waals surface area contributed by atoms with Gasteiger partial charge in [0.2, 0.25) is 0 Å². The average Bonchev–Trinajstić information content (AvgIpc) is 2.01. The molecule has 0 aromatic heterocycles. The van der Waals surface area contributed by atoms with E-state index in [-0.39, 0.29) is 5.60 Å². The third kappa shape index (κ3) is 1.76. The SMILES string of the molecule is CCC12CCCC(CC(C)(O)C1)C2. The molecule has 76 valence electrons. The first-order valence-corrected chi connectivity index (χ1v) is 5.78. The Morgan fingerprint density at radius 1 is 1.38 bits per heavy atom. The maximum Gasteiger partial charge on any atom is 0.0627 e. The van der Waals surface area contributed by atoms with Crippen molar-refractivity contribution in [1.29, 1.82) is 0 Å². The van der Waals surface area contributed by atoms with E-state index < -0.39 is 0 Å². The van der Waals surface area contributed by atoms with Crippen LogP contribution in [0, 0.1) is 11.3 Å². The largest absolute Gasteiger partial charge is 0.390 e. The van der Waals surface area contributed by atoms with Crippen LogP contribution in [-0.2, 0) is 0 Å². The van der Waals surface area contributed by atoms with Gasteiger partial charge in [-0.05, 0) is 43.9 Å². The van der Waals surface area contributed by atoms with Crippen LogP contribution >= 0.6 is 0 Å². The van der Waals surface area contributed by atoms with Crippen molar-refractivity contribution < 1.29 is 5.11 Å². The molecule has 0 aliphatic heterocycles. The number of fused-ring (bicyclic) bond motifs is 2. The van der Waals surface area contributed by atoms with Crippen LogP contribution in [0.25, 0.3) is 0 Å². The highest BCUT2D eigenvalue weighted by atomic mass is 16.3. The summed E-state index contributed by atoms with van der Waals surface area (Å²) in [4.78, 5) is 0. The minimum Gasteiger partial charge on any atom is -0.390 e. The molecule has 0 aromatic rings. The third-order valence-corrected chi connectivity index (χ3v) is 4.28. The normalized spacial score (nSPS) is 50.5. The Balaban J connectivity index is 2.17. The first-order valence-electron chi connectivity index (χ1n) is 5.78. The molecule has 2 fully saturated rings. The van der Waals surface area contributed by atoms with Crippen molar-refractivity contribution in [2.75, 3.05) is 0 Å². The summed E-state index contributed by atoms with van der Waals surface area (Å²) < 4.78 is 0. The Labute approximate surface area is 81.5 Å². The van der Waals surface area contributed by atoms with Crippen LogP contribution in [0.15, 0.2) is 0 Å². The van der Waals surface area contributed by atoms with E-state index in [4.69, 9.17) is 0 Å². The molecule has 2 aliphatic carbocycles. The van der Waals surface area contributed by atoms with Crippen LogP contribution in [0.2, 0.25) is 0 Å². The second kappa shape index (κ2) is 2.98. The standard InChI is InChI=1S/C12H22O/c1-3-12-6-4-5-10(8-12)7-11(2,13)9-12/h10,13H,3-9H2,1-2H3. The van der Waals surface area contributed by atoms with Gasteiger partial charge in [-0.2, -0.15) is 0 Å². The Morgan fingerprint density at radius 2 is 2.15 bits per heavy atom. The quantitative estimate of drug-likeness (QED) is 0.660. The first kappa shape index (κ1) is 9.51. The van der Waals surface area contributed by atoms with Crippen LogP contribution in [0.5, 0.6) is 0 Å². The molecule has 2 aliphatic rings. The Kier molecular flexibility index (Phi) is 2.18. The lowest BCUT2D eigenvalue weighted by Crippen LogP contribution is -2.45. The molecular formula is C12H22O. The Bertz CT molecular complexity index is 197. The minimum absolute atomic E-state index is 0.362. The molecule has 0 aromatic carbocycles. The molecule has 1 N–H and O–H groups in total. The van der Waals surface area contributed by atoms with E-state index in [2.05, 4.69) is 6.92 Å². The smallest absolute Gasteiger partial charge is 0.0627 e. The summed E-state index contributed by atoms with van der Waals surface area (Å²) in [5.74, 6) is 0.817. The highest BCUT2D eigenvalue weighted by molar-refractivity contribution is 4.97. The van der Waals surface area contributed by atoms with Gasteiger partial charge in [0.25, 0.3) is 0 Å². The molecule has 1 nitrogen and oxygen atoms in total. The zero-order valence-electron chi connectivity index (χ0n) is 8.97. The monoisotopic (exact) mass is 182 g/mol. The minimum atomic E-state index is -0.362. The van der Waals surface area contributed by atoms with Crippen molar-refractivity contribution in [2.45, 2.75) is 64.4 Å².